The normalized spacial score (nSPS) is 14.4. The van der Waals surface area contributed by atoms with Crippen molar-refractivity contribution in [3.63, 3.8) is 0 Å². The highest BCUT2D eigenvalue weighted by molar-refractivity contribution is 6.30. The fourth-order valence-electron chi connectivity index (χ4n) is 4.52. The molecule has 35 heavy (non-hydrogen) atoms. The van der Waals surface area contributed by atoms with Crippen LogP contribution in [0.25, 0.3) is 16.9 Å². The Hall–Kier alpha value is -3.75. The van der Waals surface area contributed by atoms with Crippen LogP contribution >= 0.6 is 11.6 Å². The van der Waals surface area contributed by atoms with Gasteiger partial charge in [0.1, 0.15) is 5.65 Å². The zero-order valence-corrected chi connectivity index (χ0v) is 19.8. The minimum Gasteiger partial charge on any atom is -0.340 e. The first-order valence-corrected chi connectivity index (χ1v) is 11.8. The van der Waals surface area contributed by atoms with Gasteiger partial charge in [-0.15, -0.1) is 0 Å². The Balaban J connectivity index is 1.29. The molecule has 4 aromatic rings. The predicted octanol–water partition coefficient (Wildman–Crippen LogP) is 4.45. The molecule has 1 aliphatic rings. The van der Waals surface area contributed by atoms with E-state index in [1.165, 1.54) is 6.07 Å². The quantitative estimate of drug-likeness (QED) is 0.295. The second-order valence-corrected chi connectivity index (χ2v) is 9.00. The van der Waals surface area contributed by atoms with Crippen molar-refractivity contribution in [2.45, 2.75) is 13.0 Å². The number of halogens is 1. The van der Waals surface area contributed by atoms with Crippen molar-refractivity contribution in [3.05, 3.63) is 99.3 Å². The molecule has 8 nitrogen and oxygen atoms in total. The number of para-hydroxylation sites is 1. The molecule has 0 unspecified atom stereocenters. The Kier molecular flexibility index (Phi) is 6.48. The average Bonchev–Trinajstić information content (AvgIpc) is 3.23. The molecule has 0 atom stereocenters. The molecule has 1 amide bonds. The maximum absolute atomic E-state index is 12.9. The fraction of sp³-hybridized carbons (Fsp3) is 0.231. The summed E-state index contributed by atoms with van der Waals surface area (Å²) in [6, 6.07) is 20.1. The van der Waals surface area contributed by atoms with Gasteiger partial charge < -0.3 is 9.30 Å². The summed E-state index contributed by atoms with van der Waals surface area (Å²) in [5, 5.41) is 12.0. The summed E-state index contributed by atoms with van der Waals surface area (Å²) in [5.41, 5.74) is 4.33. The number of imidazole rings is 1. The van der Waals surface area contributed by atoms with Gasteiger partial charge in [-0.25, -0.2) is 4.98 Å². The lowest BCUT2D eigenvalue weighted by atomic mass is 10.1. The first kappa shape index (κ1) is 23.0. The number of carbonyl (C=O) groups is 1. The van der Waals surface area contributed by atoms with Gasteiger partial charge in [0.25, 0.3) is 5.69 Å². The first-order chi connectivity index (χ1) is 17.0. The Labute approximate surface area is 207 Å². The molecule has 1 fully saturated rings. The van der Waals surface area contributed by atoms with Crippen LogP contribution in [0, 0.1) is 10.1 Å². The molecular weight excluding hydrogens is 466 g/mol. The highest BCUT2D eigenvalue weighted by atomic mass is 35.5. The lowest BCUT2D eigenvalue weighted by Gasteiger charge is -2.34. The van der Waals surface area contributed by atoms with Crippen molar-refractivity contribution < 1.29 is 9.72 Å². The third-order valence-electron chi connectivity index (χ3n) is 6.37. The molecule has 0 radical (unpaired) electrons. The van der Waals surface area contributed by atoms with Crippen molar-refractivity contribution in [2.75, 3.05) is 26.2 Å². The molecule has 0 spiro atoms. The Morgan fingerprint density at radius 3 is 2.43 bits per heavy atom. The van der Waals surface area contributed by atoms with E-state index in [0.717, 1.165) is 22.6 Å². The number of nitrogens with zero attached hydrogens (tertiary/aromatic N) is 5. The molecule has 5 rings (SSSR count). The topological polar surface area (TPSA) is 84.0 Å². The zero-order chi connectivity index (χ0) is 24.4. The Bertz CT molecular complexity index is 1380. The lowest BCUT2D eigenvalue weighted by molar-refractivity contribution is -0.385. The number of piperazine rings is 1. The molecule has 1 saturated heterocycles. The van der Waals surface area contributed by atoms with Crippen LogP contribution in [0.3, 0.4) is 0 Å². The summed E-state index contributed by atoms with van der Waals surface area (Å²) in [6.07, 6.45) is 2.05. The largest absolute Gasteiger partial charge is 0.340 e. The molecule has 0 aliphatic carbocycles. The van der Waals surface area contributed by atoms with Gasteiger partial charge in [-0.3, -0.25) is 19.8 Å². The van der Waals surface area contributed by atoms with Gasteiger partial charge in [0, 0.05) is 61.1 Å². The van der Waals surface area contributed by atoms with Crippen LogP contribution in [-0.4, -0.2) is 56.2 Å². The third kappa shape index (κ3) is 4.89. The van der Waals surface area contributed by atoms with Crippen LogP contribution in [0.4, 0.5) is 5.69 Å². The van der Waals surface area contributed by atoms with Gasteiger partial charge in [0.2, 0.25) is 5.91 Å². The molecule has 2 aromatic carbocycles. The minimum atomic E-state index is -0.436. The van der Waals surface area contributed by atoms with E-state index in [1.807, 2.05) is 48.7 Å². The van der Waals surface area contributed by atoms with Crippen molar-refractivity contribution in [1.29, 1.82) is 0 Å². The van der Waals surface area contributed by atoms with Crippen LogP contribution in [0.5, 0.6) is 0 Å². The van der Waals surface area contributed by atoms with Crippen LogP contribution in [0.15, 0.2) is 72.9 Å². The average molecular weight is 490 g/mol. The Morgan fingerprint density at radius 1 is 0.971 bits per heavy atom. The number of rotatable bonds is 6. The van der Waals surface area contributed by atoms with Crippen molar-refractivity contribution in [2.24, 2.45) is 0 Å². The summed E-state index contributed by atoms with van der Waals surface area (Å²) < 4.78 is 2.11. The monoisotopic (exact) mass is 489 g/mol. The van der Waals surface area contributed by atoms with E-state index in [2.05, 4.69) is 9.30 Å². The first-order valence-electron chi connectivity index (χ1n) is 11.4. The molecule has 0 N–H and O–H groups in total. The van der Waals surface area contributed by atoms with Crippen LogP contribution < -0.4 is 0 Å². The van der Waals surface area contributed by atoms with E-state index >= 15 is 0 Å². The maximum atomic E-state index is 12.9. The highest BCUT2D eigenvalue weighted by Gasteiger charge is 2.25. The second kappa shape index (κ2) is 9.85. The van der Waals surface area contributed by atoms with Crippen molar-refractivity contribution in [3.8, 4) is 11.3 Å². The molecule has 0 saturated carbocycles. The van der Waals surface area contributed by atoms with E-state index in [4.69, 9.17) is 16.6 Å². The molecule has 2 aromatic heterocycles. The van der Waals surface area contributed by atoms with Crippen molar-refractivity contribution >= 4 is 28.8 Å². The number of carbonyl (C=O) groups excluding carboxylic acids is 1. The summed E-state index contributed by atoms with van der Waals surface area (Å²) in [6.45, 7) is 3.26. The number of hydrogen-bond donors (Lipinski definition) is 0. The second-order valence-electron chi connectivity index (χ2n) is 8.56. The van der Waals surface area contributed by atoms with Gasteiger partial charge in [0.15, 0.2) is 0 Å². The van der Waals surface area contributed by atoms with Gasteiger partial charge in [-0.05, 0) is 24.3 Å². The van der Waals surface area contributed by atoms with Crippen LogP contribution in [-0.2, 0) is 17.8 Å². The van der Waals surface area contributed by atoms with Gasteiger partial charge in [0.05, 0.1) is 22.7 Å². The molecule has 178 valence electrons. The number of benzene rings is 2. The standard InChI is InChI=1S/C26H24ClN5O3/c27-21-10-8-19(9-11-21)26-23(31-12-4-3-7-24(31)28-26)18-29-13-15-30(16-14-29)25(33)17-20-5-1-2-6-22(20)32(34)35/h1-12H,13-18H2. The third-order valence-corrected chi connectivity index (χ3v) is 6.63. The number of fused-ring (bicyclic) bond motifs is 1. The molecular formula is C26H24ClN5O3. The van der Waals surface area contributed by atoms with E-state index in [1.54, 1.807) is 23.1 Å². The van der Waals surface area contributed by atoms with E-state index < -0.39 is 4.92 Å². The van der Waals surface area contributed by atoms with E-state index in [-0.39, 0.29) is 18.0 Å². The summed E-state index contributed by atoms with van der Waals surface area (Å²) >= 11 is 6.09. The van der Waals surface area contributed by atoms with Crippen LogP contribution in [0.1, 0.15) is 11.3 Å². The van der Waals surface area contributed by atoms with Crippen LogP contribution in [0.2, 0.25) is 5.02 Å². The molecule has 9 heteroatoms. The van der Waals surface area contributed by atoms with Crippen molar-refractivity contribution in [1.82, 2.24) is 19.2 Å². The van der Waals surface area contributed by atoms with Gasteiger partial charge in [-0.2, -0.15) is 0 Å². The summed E-state index contributed by atoms with van der Waals surface area (Å²) in [7, 11) is 0. The lowest BCUT2D eigenvalue weighted by Crippen LogP contribution is -2.48. The molecule has 0 bridgehead atoms. The predicted molar refractivity (Wildman–Crippen MR) is 134 cm³/mol. The summed E-state index contributed by atoms with van der Waals surface area (Å²) in [4.78, 5) is 32.7. The number of nitro groups is 1. The number of nitro benzene ring substituents is 1. The number of pyridine rings is 1. The molecule has 1 aliphatic heterocycles. The fourth-order valence-corrected chi connectivity index (χ4v) is 4.64. The number of hydrogen-bond acceptors (Lipinski definition) is 5. The van der Waals surface area contributed by atoms with Gasteiger partial charge >= 0.3 is 0 Å². The highest BCUT2D eigenvalue weighted by Crippen LogP contribution is 2.27. The van der Waals surface area contributed by atoms with E-state index in [9.17, 15) is 14.9 Å². The zero-order valence-electron chi connectivity index (χ0n) is 19.0. The summed E-state index contributed by atoms with van der Waals surface area (Å²) in [5.74, 6) is -0.0874. The maximum Gasteiger partial charge on any atom is 0.273 e. The Morgan fingerprint density at radius 2 is 1.69 bits per heavy atom. The van der Waals surface area contributed by atoms with E-state index in [0.29, 0.717) is 43.3 Å². The smallest absolute Gasteiger partial charge is 0.273 e. The number of amides is 1. The number of aromatic nitrogens is 2. The minimum absolute atomic E-state index is 0.0122. The SMILES string of the molecule is O=C(Cc1ccccc1[N+](=O)[O-])N1CCN(Cc2c(-c3ccc(Cl)cc3)nc3ccccn23)CC1. The molecule has 3 heterocycles. The van der Waals surface area contributed by atoms with Gasteiger partial charge in [-0.1, -0.05) is 48.0 Å².